The van der Waals surface area contributed by atoms with Crippen molar-refractivity contribution in [3.05, 3.63) is 0 Å². The lowest BCUT2D eigenvalue weighted by atomic mass is 9.85. The van der Waals surface area contributed by atoms with Gasteiger partial charge in [-0.25, -0.2) is 0 Å². The molecule has 9 heavy (non-hydrogen) atoms. The van der Waals surface area contributed by atoms with Gasteiger partial charge in [0.2, 0.25) is 0 Å². The molecular formula is C8H19N. The number of hydrogen-bond donors (Lipinski definition) is 1. The minimum absolute atomic E-state index is 0.406. The van der Waals surface area contributed by atoms with Crippen LogP contribution in [-0.2, 0) is 0 Å². The summed E-state index contributed by atoms with van der Waals surface area (Å²) in [4.78, 5) is 0. The van der Waals surface area contributed by atoms with Gasteiger partial charge in [-0.3, -0.25) is 0 Å². The minimum atomic E-state index is 0.406. The lowest BCUT2D eigenvalue weighted by Gasteiger charge is -2.29. The van der Waals surface area contributed by atoms with Crippen LogP contribution in [-0.4, -0.2) is 13.1 Å². The van der Waals surface area contributed by atoms with Gasteiger partial charge in [0.15, 0.2) is 0 Å². The molecule has 0 aliphatic heterocycles. The van der Waals surface area contributed by atoms with Crippen LogP contribution in [0.4, 0.5) is 0 Å². The molecule has 0 aromatic rings. The van der Waals surface area contributed by atoms with Crippen LogP contribution in [0.2, 0.25) is 0 Å². The Labute approximate surface area is 58.8 Å². The highest BCUT2D eigenvalue weighted by Crippen LogP contribution is 2.20. The van der Waals surface area contributed by atoms with E-state index >= 15 is 0 Å². The Hall–Kier alpha value is -0.0400. The predicted molar refractivity (Wildman–Crippen MR) is 42.6 cm³/mol. The largest absolute Gasteiger partial charge is 0.316 e. The van der Waals surface area contributed by atoms with E-state index in [9.17, 15) is 0 Å². The summed E-state index contributed by atoms with van der Waals surface area (Å²) in [5.41, 5.74) is 0.406. The van der Waals surface area contributed by atoms with Gasteiger partial charge in [0.05, 0.1) is 0 Å². The fourth-order valence-corrected chi connectivity index (χ4v) is 1.25. The van der Waals surface area contributed by atoms with E-state index < -0.39 is 0 Å². The number of hydrogen-bond acceptors (Lipinski definition) is 1. The van der Waals surface area contributed by atoms with Gasteiger partial charge < -0.3 is 5.32 Å². The smallest absolute Gasteiger partial charge is 0.0110 e. The first-order valence-electron chi connectivity index (χ1n) is 3.69. The maximum atomic E-state index is 3.29. The summed E-state index contributed by atoms with van der Waals surface area (Å²) < 4.78 is 0. The molecule has 0 heterocycles. The van der Waals surface area contributed by atoms with Crippen molar-refractivity contribution in [2.75, 3.05) is 7.05 Å². The molecule has 0 aromatic carbocycles. The van der Waals surface area contributed by atoms with Crippen molar-refractivity contribution < 1.29 is 0 Å². The van der Waals surface area contributed by atoms with Crippen LogP contribution in [0.25, 0.3) is 0 Å². The second-order valence-electron chi connectivity index (χ2n) is 3.62. The summed E-state index contributed by atoms with van der Waals surface area (Å²) in [6, 6.07) is 0.650. The third-order valence-corrected chi connectivity index (χ3v) is 1.80. The summed E-state index contributed by atoms with van der Waals surface area (Å²) in [6.45, 7) is 9.00. The zero-order valence-corrected chi connectivity index (χ0v) is 7.28. The molecule has 56 valence electrons. The molecule has 0 spiro atoms. The first-order valence-corrected chi connectivity index (χ1v) is 3.69. The van der Waals surface area contributed by atoms with Crippen molar-refractivity contribution in [2.45, 2.75) is 40.2 Å². The van der Waals surface area contributed by atoms with E-state index in [1.807, 2.05) is 7.05 Å². The molecule has 0 saturated heterocycles. The summed E-state index contributed by atoms with van der Waals surface area (Å²) in [6.07, 6.45) is 1.21. The molecule has 0 aliphatic rings. The number of rotatable bonds is 2. The molecule has 0 amide bonds. The molecule has 0 saturated carbocycles. The first-order chi connectivity index (χ1) is 4.02. The summed E-state index contributed by atoms with van der Waals surface area (Å²) in [7, 11) is 2.03. The standard InChI is InChI=1S/C8H19N/c1-6-7(9-5)8(2,3)4/h7,9H,6H2,1-5H3/t7-/m0/s1. The van der Waals surface area contributed by atoms with Gasteiger partial charge in [-0.15, -0.1) is 0 Å². The van der Waals surface area contributed by atoms with E-state index in [1.165, 1.54) is 6.42 Å². The average molecular weight is 129 g/mol. The van der Waals surface area contributed by atoms with Crippen LogP contribution in [0.1, 0.15) is 34.1 Å². The van der Waals surface area contributed by atoms with Crippen molar-refractivity contribution in [2.24, 2.45) is 5.41 Å². The third kappa shape index (κ3) is 2.85. The average Bonchev–Trinajstić information content (AvgIpc) is 1.65. The van der Waals surface area contributed by atoms with Crippen LogP contribution in [0.3, 0.4) is 0 Å². The molecule has 0 aliphatic carbocycles. The van der Waals surface area contributed by atoms with E-state index in [1.54, 1.807) is 0 Å². The summed E-state index contributed by atoms with van der Waals surface area (Å²) >= 11 is 0. The highest BCUT2D eigenvalue weighted by Gasteiger charge is 2.20. The highest BCUT2D eigenvalue weighted by atomic mass is 14.9. The topological polar surface area (TPSA) is 12.0 Å². The maximum Gasteiger partial charge on any atom is 0.0110 e. The predicted octanol–water partition coefficient (Wildman–Crippen LogP) is 2.03. The van der Waals surface area contributed by atoms with Gasteiger partial charge in [-0.05, 0) is 18.9 Å². The van der Waals surface area contributed by atoms with Gasteiger partial charge in [-0.1, -0.05) is 27.7 Å². The third-order valence-electron chi connectivity index (χ3n) is 1.80. The molecule has 0 rings (SSSR count). The van der Waals surface area contributed by atoms with Gasteiger partial charge in [0.25, 0.3) is 0 Å². The lowest BCUT2D eigenvalue weighted by Crippen LogP contribution is -2.37. The quantitative estimate of drug-likeness (QED) is 0.601. The Morgan fingerprint density at radius 3 is 1.78 bits per heavy atom. The van der Waals surface area contributed by atoms with Crippen LogP contribution in [0.15, 0.2) is 0 Å². The molecule has 0 fully saturated rings. The molecular weight excluding hydrogens is 110 g/mol. The molecule has 1 atom stereocenters. The van der Waals surface area contributed by atoms with Crippen molar-refractivity contribution in [3.63, 3.8) is 0 Å². The molecule has 0 unspecified atom stereocenters. The summed E-state index contributed by atoms with van der Waals surface area (Å²) in [5.74, 6) is 0. The van der Waals surface area contributed by atoms with Gasteiger partial charge in [0.1, 0.15) is 0 Å². The Morgan fingerprint density at radius 1 is 1.33 bits per heavy atom. The molecule has 1 heteroatoms. The Balaban J connectivity index is 3.79. The Kier molecular flexibility index (Phi) is 3.20. The second-order valence-corrected chi connectivity index (χ2v) is 3.62. The van der Waals surface area contributed by atoms with E-state index in [0.717, 1.165) is 0 Å². The highest BCUT2D eigenvalue weighted by molar-refractivity contribution is 4.77. The second kappa shape index (κ2) is 3.21. The zero-order chi connectivity index (χ0) is 7.49. The van der Waals surface area contributed by atoms with Gasteiger partial charge in [0, 0.05) is 6.04 Å². The fraction of sp³-hybridized carbons (Fsp3) is 1.00. The van der Waals surface area contributed by atoms with Gasteiger partial charge in [-0.2, -0.15) is 0 Å². The van der Waals surface area contributed by atoms with E-state index in [-0.39, 0.29) is 0 Å². The molecule has 0 aromatic heterocycles. The summed E-state index contributed by atoms with van der Waals surface area (Å²) in [5, 5.41) is 3.29. The lowest BCUT2D eigenvalue weighted by molar-refractivity contribution is 0.275. The molecule has 0 radical (unpaired) electrons. The van der Waals surface area contributed by atoms with Crippen LogP contribution < -0.4 is 5.32 Å². The fourth-order valence-electron chi connectivity index (χ4n) is 1.25. The minimum Gasteiger partial charge on any atom is -0.316 e. The van der Waals surface area contributed by atoms with Crippen molar-refractivity contribution in [1.29, 1.82) is 0 Å². The molecule has 1 N–H and O–H groups in total. The maximum absolute atomic E-state index is 3.29. The van der Waals surface area contributed by atoms with Crippen LogP contribution >= 0.6 is 0 Å². The Morgan fingerprint density at radius 2 is 1.78 bits per heavy atom. The van der Waals surface area contributed by atoms with Gasteiger partial charge >= 0.3 is 0 Å². The number of nitrogens with one attached hydrogen (secondary N) is 1. The zero-order valence-electron chi connectivity index (χ0n) is 7.28. The first kappa shape index (κ1) is 8.96. The van der Waals surface area contributed by atoms with E-state index in [2.05, 4.69) is 33.0 Å². The molecule has 1 nitrogen and oxygen atoms in total. The van der Waals surface area contributed by atoms with E-state index in [0.29, 0.717) is 11.5 Å². The van der Waals surface area contributed by atoms with Crippen LogP contribution in [0, 0.1) is 5.41 Å². The van der Waals surface area contributed by atoms with Crippen molar-refractivity contribution >= 4 is 0 Å². The van der Waals surface area contributed by atoms with Crippen molar-refractivity contribution in [3.8, 4) is 0 Å². The van der Waals surface area contributed by atoms with Crippen LogP contribution in [0.5, 0.6) is 0 Å². The molecule has 0 bridgehead atoms. The SMILES string of the molecule is CC[C@H](NC)C(C)(C)C. The normalized spacial score (nSPS) is 15.7. The monoisotopic (exact) mass is 129 g/mol. The van der Waals surface area contributed by atoms with Crippen molar-refractivity contribution in [1.82, 2.24) is 5.32 Å². The van der Waals surface area contributed by atoms with E-state index in [4.69, 9.17) is 0 Å². The Bertz CT molecular complexity index is 67.1.